The number of ether oxygens (including phenoxy) is 2. The number of carbonyl (C=O) groups excluding carboxylic acids is 3. The van der Waals surface area contributed by atoms with Gasteiger partial charge in [0.1, 0.15) is 5.88 Å². The van der Waals surface area contributed by atoms with E-state index >= 15 is 0 Å². The first-order valence-electron chi connectivity index (χ1n) is 9.96. The van der Waals surface area contributed by atoms with Gasteiger partial charge in [-0.05, 0) is 50.2 Å². The third kappa shape index (κ3) is 5.95. The van der Waals surface area contributed by atoms with Crippen LogP contribution < -0.4 is 10.0 Å². The van der Waals surface area contributed by atoms with Crippen molar-refractivity contribution >= 4 is 50.8 Å². The summed E-state index contributed by atoms with van der Waals surface area (Å²) >= 11 is 5.81. The van der Waals surface area contributed by atoms with E-state index in [-0.39, 0.29) is 29.5 Å². The molecule has 182 valence electrons. The summed E-state index contributed by atoms with van der Waals surface area (Å²) in [4.78, 5) is 39.9. The first-order chi connectivity index (χ1) is 16.1. The molecule has 0 aliphatic carbocycles. The molecule has 0 spiro atoms. The number of nitrogens with two attached hydrogens (primary N) is 1. The van der Waals surface area contributed by atoms with Crippen molar-refractivity contribution < 1.29 is 32.3 Å². The van der Waals surface area contributed by atoms with E-state index in [1.54, 1.807) is 18.2 Å². The molecule has 0 bridgehead atoms. The van der Waals surface area contributed by atoms with Gasteiger partial charge in [0.2, 0.25) is 15.9 Å². The summed E-state index contributed by atoms with van der Waals surface area (Å²) in [5.41, 5.74) is -2.55. The van der Waals surface area contributed by atoms with Crippen LogP contribution in [0.1, 0.15) is 13.8 Å². The molecular weight excluding hydrogens is 488 g/mol. The molecule has 13 heteroatoms. The van der Waals surface area contributed by atoms with Crippen molar-refractivity contribution in [2.75, 3.05) is 24.0 Å². The predicted octanol–water partition coefficient (Wildman–Crippen LogP) is 2.51. The van der Waals surface area contributed by atoms with Crippen LogP contribution in [0.4, 0.5) is 11.4 Å². The number of anilines is 1. The van der Waals surface area contributed by atoms with Crippen LogP contribution in [-0.2, 0) is 33.9 Å². The number of primary sulfonamides is 1. The van der Waals surface area contributed by atoms with Crippen molar-refractivity contribution in [3.05, 3.63) is 54.6 Å². The number of azo groups is 1. The average molecular weight is 511 g/mol. The van der Waals surface area contributed by atoms with Gasteiger partial charge in [-0.3, -0.25) is 9.69 Å². The van der Waals surface area contributed by atoms with Crippen LogP contribution in [0.3, 0.4) is 0 Å². The molecular formula is C21H23ClN4O7S. The molecule has 0 aliphatic rings. The van der Waals surface area contributed by atoms with Crippen LogP contribution in [-0.4, -0.2) is 51.0 Å². The van der Waals surface area contributed by atoms with Gasteiger partial charge in [-0.15, -0.1) is 16.7 Å². The maximum atomic E-state index is 13.2. The monoisotopic (exact) mass is 510 g/mol. The van der Waals surface area contributed by atoms with Crippen molar-refractivity contribution in [2.24, 2.45) is 15.4 Å². The van der Waals surface area contributed by atoms with Crippen LogP contribution in [0.5, 0.6) is 0 Å². The maximum Gasteiger partial charge on any atom is 0.369 e. The molecule has 1 amide bonds. The van der Waals surface area contributed by atoms with E-state index in [9.17, 15) is 22.8 Å². The zero-order valence-electron chi connectivity index (χ0n) is 18.4. The number of nitrogens with zero attached hydrogens (tertiary/aromatic N) is 3. The highest BCUT2D eigenvalue weighted by Crippen LogP contribution is 2.31. The largest absolute Gasteiger partial charge is 0.462 e. The second-order valence-electron chi connectivity index (χ2n) is 6.55. The molecule has 2 aromatic carbocycles. The average Bonchev–Trinajstić information content (AvgIpc) is 2.81. The fourth-order valence-corrected chi connectivity index (χ4v) is 3.47. The lowest BCUT2D eigenvalue weighted by molar-refractivity contribution is -0.165. The van der Waals surface area contributed by atoms with Gasteiger partial charge in [-0.1, -0.05) is 18.2 Å². The highest BCUT2D eigenvalue weighted by atomic mass is 35.5. The van der Waals surface area contributed by atoms with Crippen molar-refractivity contribution in [1.29, 1.82) is 0 Å². The Morgan fingerprint density at radius 1 is 0.971 bits per heavy atom. The number of carbonyl (C=O) groups is 3. The SMILES string of the molecule is CCOC(=O)C(N=Nc1ccc(S(N)(=O)=O)cc1)(C(=O)OCC)N(C(=O)CCl)c1ccccc1. The van der Waals surface area contributed by atoms with E-state index < -0.39 is 39.4 Å². The smallest absolute Gasteiger partial charge is 0.369 e. The van der Waals surface area contributed by atoms with Crippen LogP contribution in [0, 0.1) is 0 Å². The number of alkyl halides is 1. The Labute approximate surface area is 201 Å². The summed E-state index contributed by atoms with van der Waals surface area (Å²) in [7, 11) is -3.96. The molecule has 0 unspecified atom stereocenters. The lowest BCUT2D eigenvalue weighted by Gasteiger charge is -2.35. The first-order valence-corrected chi connectivity index (χ1v) is 12.0. The van der Waals surface area contributed by atoms with Gasteiger partial charge in [-0.25, -0.2) is 23.1 Å². The van der Waals surface area contributed by atoms with Crippen LogP contribution in [0.15, 0.2) is 69.7 Å². The topological polar surface area (TPSA) is 158 Å². The summed E-state index contributed by atoms with van der Waals surface area (Å²) < 4.78 is 33.2. The molecule has 2 aromatic rings. The normalized spacial score (nSPS) is 11.8. The van der Waals surface area contributed by atoms with Gasteiger partial charge in [0.05, 0.1) is 23.8 Å². The van der Waals surface area contributed by atoms with Gasteiger partial charge in [0, 0.05) is 5.69 Å². The number of esters is 2. The van der Waals surface area contributed by atoms with E-state index in [4.69, 9.17) is 26.2 Å². The Hall–Kier alpha value is -3.35. The molecule has 2 rings (SSSR count). The number of amides is 1. The van der Waals surface area contributed by atoms with E-state index in [2.05, 4.69) is 10.2 Å². The number of sulfonamides is 1. The summed E-state index contributed by atoms with van der Waals surface area (Å²) in [6.07, 6.45) is 0. The third-order valence-electron chi connectivity index (χ3n) is 4.30. The Bertz CT molecular complexity index is 1140. The fraction of sp³-hybridized carbons (Fsp3) is 0.286. The van der Waals surface area contributed by atoms with Gasteiger partial charge in [0.15, 0.2) is 0 Å². The van der Waals surface area contributed by atoms with Crippen molar-refractivity contribution in [1.82, 2.24) is 0 Å². The molecule has 2 N–H and O–H groups in total. The molecule has 0 saturated heterocycles. The molecule has 0 aliphatic heterocycles. The Kier molecular flexibility index (Phi) is 9.24. The van der Waals surface area contributed by atoms with Crippen LogP contribution >= 0.6 is 11.6 Å². The van der Waals surface area contributed by atoms with E-state index in [0.717, 1.165) is 4.90 Å². The highest BCUT2D eigenvalue weighted by molar-refractivity contribution is 7.89. The molecule has 0 aromatic heterocycles. The highest BCUT2D eigenvalue weighted by Gasteiger charge is 2.58. The Balaban J connectivity index is 2.76. The minimum Gasteiger partial charge on any atom is -0.462 e. The third-order valence-corrected chi connectivity index (χ3v) is 5.46. The summed E-state index contributed by atoms with van der Waals surface area (Å²) in [5.74, 6) is -3.90. The second-order valence-corrected chi connectivity index (χ2v) is 8.38. The fourth-order valence-electron chi connectivity index (χ4n) is 2.84. The van der Waals surface area contributed by atoms with Crippen molar-refractivity contribution in [3.8, 4) is 0 Å². The van der Waals surface area contributed by atoms with E-state index in [1.165, 1.54) is 50.2 Å². The molecule has 34 heavy (non-hydrogen) atoms. The van der Waals surface area contributed by atoms with Gasteiger partial charge in [0.25, 0.3) is 0 Å². The van der Waals surface area contributed by atoms with E-state index in [1.807, 2.05) is 0 Å². The standard InChI is InChI=1S/C21H23ClN4O7S/c1-3-32-19(28)21(20(29)33-4-2,26(18(27)14-22)16-8-6-5-7-9-16)25-24-15-10-12-17(13-11-15)34(23,30)31/h5-13H,3-4,14H2,1-2H3,(H2,23,30,31). The molecule has 11 nitrogen and oxygen atoms in total. The summed E-state index contributed by atoms with van der Waals surface area (Å²) in [6, 6.07) is 12.6. The lowest BCUT2D eigenvalue weighted by Crippen LogP contribution is -2.63. The number of hydrogen-bond donors (Lipinski definition) is 1. The summed E-state index contributed by atoms with van der Waals surface area (Å²) in [5, 5.41) is 13.0. The minimum atomic E-state index is -3.96. The maximum absolute atomic E-state index is 13.2. The number of hydrogen-bond acceptors (Lipinski definition) is 9. The number of benzene rings is 2. The Morgan fingerprint density at radius 2 is 1.50 bits per heavy atom. The van der Waals surface area contributed by atoms with Crippen molar-refractivity contribution in [3.63, 3.8) is 0 Å². The molecule has 0 atom stereocenters. The van der Waals surface area contributed by atoms with Crippen molar-refractivity contribution in [2.45, 2.75) is 24.4 Å². The van der Waals surface area contributed by atoms with Gasteiger partial charge >= 0.3 is 17.6 Å². The van der Waals surface area contributed by atoms with Gasteiger partial charge < -0.3 is 9.47 Å². The van der Waals surface area contributed by atoms with E-state index in [0.29, 0.717) is 0 Å². The minimum absolute atomic E-state index is 0.0525. The number of rotatable bonds is 10. The lowest BCUT2D eigenvalue weighted by atomic mass is 10.1. The van der Waals surface area contributed by atoms with Gasteiger partial charge in [-0.2, -0.15) is 5.11 Å². The molecule has 0 saturated carbocycles. The van der Waals surface area contributed by atoms with Crippen LogP contribution in [0.25, 0.3) is 0 Å². The summed E-state index contributed by atoms with van der Waals surface area (Å²) in [6.45, 7) is 2.73. The second kappa shape index (κ2) is 11.7. The number of halogens is 1. The number of para-hydroxylation sites is 1. The molecule has 0 heterocycles. The predicted molar refractivity (Wildman–Crippen MR) is 123 cm³/mol. The van der Waals surface area contributed by atoms with Crippen LogP contribution in [0.2, 0.25) is 0 Å². The zero-order valence-corrected chi connectivity index (χ0v) is 20.0. The zero-order chi connectivity index (χ0) is 25.4. The Morgan fingerprint density at radius 3 is 1.94 bits per heavy atom. The first kappa shape index (κ1) is 26.9. The quantitative estimate of drug-likeness (QED) is 0.222. The molecule has 0 radical (unpaired) electrons. The molecule has 0 fully saturated rings.